The minimum atomic E-state index is -1.61. The van der Waals surface area contributed by atoms with E-state index in [-0.39, 0.29) is 21.8 Å². The Morgan fingerprint density at radius 1 is 0.833 bits per heavy atom. The molecule has 0 saturated carbocycles. The van der Waals surface area contributed by atoms with Crippen molar-refractivity contribution >= 4 is 63.1 Å². The zero-order valence-electron chi connectivity index (χ0n) is 18.5. The molecule has 5 rings (SSSR count). The molecule has 178 valence electrons. The van der Waals surface area contributed by atoms with Gasteiger partial charge in [0.1, 0.15) is 12.0 Å². The molecule has 0 aliphatic carbocycles. The predicted molar refractivity (Wildman–Crippen MR) is 136 cm³/mol. The molecule has 1 heterocycles. The maximum Gasteiger partial charge on any atom is 0.339 e. The first-order valence-electron chi connectivity index (χ1n) is 11.0. The zero-order valence-corrected chi connectivity index (χ0v) is 20.0. The first-order chi connectivity index (χ1) is 17.3. The van der Waals surface area contributed by atoms with Gasteiger partial charge in [-0.2, -0.15) is 0 Å². The first kappa shape index (κ1) is 23.7. The number of carbonyl (C=O) groups is 4. The molecule has 0 fully saturated rings. The summed E-state index contributed by atoms with van der Waals surface area (Å²) < 4.78 is 5.48. The first-order valence-corrected chi connectivity index (χ1v) is 11.7. The molecule has 0 saturated heterocycles. The van der Waals surface area contributed by atoms with Crippen molar-refractivity contribution < 1.29 is 23.9 Å². The third-order valence-electron chi connectivity index (χ3n) is 6.03. The fraction of sp³-hybridized carbons (Fsp3) is 0.0714. The van der Waals surface area contributed by atoms with E-state index in [1.165, 1.54) is 18.2 Å². The quantitative estimate of drug-likeness (QED) is 0.145. The monoisotopic (exact) mass is 517 g/mol. The Labute approximate surface area is 215 Å². The Bertz CT molecular complexity index is 1560. The number of esters is 1. The SMILES string of the molecule is O=C(Nc1ccc(Cl)cc1Cl)C(=O)[C@@H](C(=O)c1ccc2ccccc2c1)[C@@H]1OC(=O)c2ccccc21. The summed E-state index contributed by atoms with van der Waals surface area (Å²) in [6, 6.07) is 23.3. The van der Waals surface area contributed by atoms with E-state index in [2.05, 4.69) is 5.32 Å². The maximum atomic E-state index is 13.8. The summed E-state index contributed by atoms with van der Waals surface area (Å²) in [7, 11) is 0. The second-order valence-corrected chi connectivity index (χ2v) is 9.10. The molecule has 1 N–H and O–H groups in total. The van der Waals surface area contributed by atoms with Gasteiger partial charge in [-0.05, 0) is 41.1 Å². The van der Waals surface area contributed by atoms with Gasteiger partial charge in [0.25, 0.3) is 5.91 Å². The summed E-state index contributed by atoms with van der Waals surface area (Å²) in [5.74, 6) is -5.05. The third kappa shape index (κ3) is 4.37. The van der Waals surface area contributed by atoms with E-state index in [0.717, 1.165) is 10.8 Å². The number of benzene rings is 4. The molecule has 36 heavy (non-hydrogen) atoms. The van der Waals surface area contributed by atoms with Crippen molar-refractivity contribution in [2.24, 2.45) is 5.92 Å². The zero-order chi connectivity index (χ0) is 25.4. The second-order valence-electron chi connectivity index (χ2n) is 8.26. The molecule has 4 aromatic rings. The van der Waals surface area contributed by atoms with Crippen molar-refractivity contribution in [3.63, 3.8) is 0 Å². The number of amides is 1. The topological polar surface area (TPSA) is 89.5 Å². The molecule has 6 nitrogen and oxygen atoms in total. The number of ketones is 2. The van der Waals surface area contributed by atoms with E-state index in [1.807, 2.05) is 24.3 Å². The molecule has 1 amide bonds. The Morgan fingerprint density at radius 2 is 1.56 bits per heavy atom. The molecule has 4 aromatic carbocycles. The van der Waals surface area contributed by atoms with Crippen LogP contribution in [0.15, 0.2) is 84.9 Å². The van der Waals surface area contributed by atoms with Crippen LogP contribution in [-0.4, -0.2) is 23.4 Å². The molecule has 1 aliphatic rings. The average molecular weight is 518 g/mol. The van der Waals surface area contributed by atoms with Crippen LogP contribution in [0.3, 0.4) is 0 Å². The van der Waals surface area contributed by atoms with Crippen LogP contribution in [0.5, 0.6) is 0 Å². The van der Waals surface area contributed by atoms with Gasteiger partial charge in [0.2, 0.25) is 5.78 Å². The van der Waals surface area contributed by atoms with Gasteiger partial charge in [0.15, 0.2) is 5.78 Å². The van der Waals surface area contributed by atoms with E-state index in [0.29, 0.717) is 10.6 Å². The normalized spacial score (nSPS) is 15.2. The van der Waals surface area contributed by atoms with E-state index in [4.69, 9.17) is 27.9 Å². The van der Waals surface area contributed by atoms with Crippen LogP contribution in [0.25, 0.3) is 10.8 Å². The van der Waals surface area contributed by atoms with Gasteiger partial charge in [0, 0.05) is 16.1 Å². The summed E-state index contributed by atoms with van der Waals surface area (Å²) in [4.78, 5) is 52.8. The van der Waals surface area contributed by atoms with E-state index in [1.54, 1.807) is 42.5 Å². The molecular weight excluding hydrogens is 501 g/mol. The number of cyclic esters (lactones) is 1. The number of ether oxygens (including phenoxy) is 1. The highest BCUT2D eigenvalue weighted by Gasteiger charge is 2.46. The van der Waals surface area contributed by atoms with Crippen molar-refractivity contribution in [3.8, 4) is 0 Å². The number of Topliss-reactive ketones (excluding diaryl/α,β-unsaturated/α-hetero) is 2. The summed E-state index contributed by atoms with van der Waals surface area (Å²) in [5, 5.41) is 4.61. The number of hydrogen-bond acceptors (Lipinski definition) is 5. The fourth-order valence-corrected chi connectivity index (χ4v) is 4.71. The smallest absolute Gasteiger partial charge is 0.339 e. The maximum absolute atomic E-state index is 13.8. The van der Waals surface area contributed by atoms with Crippen molar-refractivity contribution in [2.45, 2.75) is 6.10 Å². The molecule has 0 unspecified atom stereocenters. The van der Waals surface area contributed by atoms with Gasteiger partial charge >= 0.3 is 5.97 Å². The van der Waals surface area contributed by atoms with Gasteiger partial charge in [0.05, 0.1) is 16.3 Å². The van der Waals surface area contributed by atoms with Crippen LogP contribution in [-0.2, 0) is 14.3 Å². The minimum absolute atomic E-state index is 0.124. The van der Waals surface area contributed by atoms with Crippen molar-refractivity contribution in [1.29, 1.82) is 0 Å². The molecular formula is C28H17Cl2NO5. The molecule has 0 aromatic heterocycles. The Kier molecular flexibility index (Phi) is 6.31. The number of fused-ring (bicyclic) bond motifs is 2. The van der Waals surface area contributed by atoms with Gasteiger partial charge < -0.3 is 10.1 Å². The molecule has 0 radical (unpaired) electrons. The van der Waals surface area contributed by atoms with Gasteiger partial charge in [-0.1, -0.05) is 77.8 Å². The Hall–Kier alpha value is -4.00. The van der Waals surface area contributed by atoms with E-state index in [9.17, 15) is 19.2 Å². The second kappa shape index (κ2) is 9.57. The fourth-order valence-electron chi connectivity index (χ4n) is 4.25. The number of halogens is 2. The highest BCUT2D eigenvalue weighted by atomic mass is 35.5. The number of nitrogens with one attached hydrogen (secondary N) is 1. The number of hydrogen-bond donors (Lipinski definition) is 1. The Balaban J connectivity index is 1.54. The van der Waals surface area contributed by atoms with Crippen LogP contribution in [0, 0.1) is 5.92 Å². The van der Waals surface area contributed by atoms with E-state index < -0.39 is 35.5 Å². The minimum Gasteiger partial charge on any atom is -0.453 e. The lowest BCUT2D eigenvalue weighted by molar-refractivity contribution is -0.138. The lowest BCUT2D eigenvalue weighted by Gasteiger charge is -2.21. The lowest BCUT2D eigenvalue weighted by Crippen LogP contribution is -2.38. The largest absolute Gasteiger partial charge is 0.453 e. The van der Waals surface area contributed by atoms with Crippen molar-refractivity contribution in [1.82, 2.24) is 0 Å². The molecule has 8 heteroatoms. The van der Waals surface area contributed by atoms with Crippen LogP contribution in [0.2, 0.25) is 10.0 Å². The summed E-state index contributed by atoms with van der Waals surface area (Å²) >= 11 is 12.0. The number of anilines is 1. The number of rotatable bonds is 6. The average Bonchev–Trinajstić information content (AvgIpc) is 3.21. The van der Waals surface area contributed by atoms with Gasteiger partial charge in [-0.25, -0.2) is 4.79 Å². The summed E-state index contributed by atoms with van der Waals surface area (Å²) in [6.45, 7) is 0. The highest BCUT2D eigenvalue weighted by molar-refractivity contribution is 6.46. The molecule has 1 aliphatic heterocycles. The standard InChI is InChI=1S/C28H17Cl2NO5/c29-18-11-12-22(21(30)14-18)31-27(34)25(33)23(26-19-7-3-4-8-20(19)28(35)36-26)24(32)17-10-9-15-5-1-2-6-16(15)13-17/h1-14,23,26H,(H,31,34)/t23-,26-/m1/s1. The Morgan fingerprint density at radius 3 is 2.33 bits per heavy atom. The van der Waals surface area contributed by atoms with Crippen LogP contribution < -0.4 is 5.32 Å². The summed E-state index contributed by atoms with van der Waals surface area (Å²) in [5.41, 5.74) is 0.977. The highest BCUT2D eigenvalue weighted by Crippen LogP contribution is 2.38. The lowest BCUT2D eigenvalue weighted by atomic mass is 9.84. The third-order valence-corrected chi connectivity index (χ3v) is 6.57. The van der Waals surface area contributed by atoms with Crippen molar-refractivity contribution in [2.75, 3.05) is 5.32 Å². The predicted octanol–water partition coefficient (Wildman–Crippen LogP) is 6.07. The molecule has 2 atom stereocenters. The van der Waals surface area contributed by atoms with Crippen LogP contribution >= 0.6 is 23.2 Å². The van der Waals surface area contributed by atoms with Gasteiger partial charge in [-0.15, -0.1) is 0 Å². The van der Waals surface area contributed by atoms with E-state index >= 15 is 0 Å². The summed E-state index contributed by atoms with van der Waals surface area (Å²) in [6.07, 6.45) is -1.26. The van der Waals surface area contributed by atoms with Gasteiger partial charge in [-0.3, -0.25) is 14.4 Å². The van der Waals surface area contributed by atoms with Crippen LogP contribution in [0.1, 0.15) is 32.4 Å². The van der Waals surface area contributed by atoms with Crippen LogP contribution in [0.4, 0.5) is 5.69 Å². The molecule has 0 bridgehead atoms. The molecule has 0 spiro atoms. The number of carbonyl (C=O) groups excluding carboxylic acids is 4. The van der Waals surface area contributed by atoms with Crippen molar-refractivity contribution in [3.05, 3.63) is 112 Å².